The number of nitrogens with one attached hydrogen (secondary N) is 1. The zero-order valence-corrected chi connectivity index (χ0v) is 19.7. The summed E-state index contributed by atoms with van der Waals surface area (Å²) in [4.78, 5) is 40.2. The van der Waals surface area contributed by atoms with Gasteiger partial charge in [-0.1, -0.05) is 0 Å². The zero-order valence-electron chi connectivity index (χ0n) is 19.7. The SMILES string of the molecule is C[C@]1(O)CC2(CCN(C(=O)c3ccc(OCCCN)cc3)CC2)OC[C@@H]1n1cc(F)c(=O)[nH]c1=O. The Bertz CT molecular complexity index is 1170. The van der Waals surface area contributed by atoms with E-state index in [9.17, 15) is 23.9 Å². The van der Waals surface area contributed by atoms with Crippen molar-refractivity contribution in [3.63, 3.8) is 0 Å². The van der Waals surface area contributed by atoms with Gasteiger partial charge in [0, 0.05) is 25.1 Å². The van der Waals surface area contributed by atoms with Gasteiger partial charge in [0.05, 0.1) is 36.7 Å². The number of halogens is 1. The summed E-state index contributed by atoms with van der Waals surface area (Å²) in [7, 11) is 0. The van der Waals surface area contributed by atoms with Crippen molar-refractivity contribution in [3.8, 4) is 5.75 Å². The van der Waals surface area contributed by atoms with Crippen LogP contribution in [0.3, 0.4) is 0 Å². The number of hydrogen-bond donors (Lipinski definition) is 3. The van der Waals surface area contributed by atoms with E-state index >= 15 is 0 Å². The zero-order chi connectivity index (χ0) is 25.2. The lowest BCUT2D eigenvalue weighted by atomic mass is 9.75. The Morgan fingerprint density at radius 3 is 2.60 bits per heavy atom. The van der Waals surface area contributed by atoms with Gasteiger partial charge < -0.3 is 25.2 Å². The van der Waals surface area contributed by atoms with Gasteiger partial charge in [-0.05, 0) is 57.0 Å². The van der Waals surface area contributed by atoms with E-state index < -0.39 is 34.3 Å². The van der Waals surface area contributed by atoms with Gasteiger partial charge in [0.25, 0.3) is 11.5 Å². The molecular weight excluding hydrogens is 459 g/mol. The van der Waals surface area contributed by atoms with Crippen LogP contribution >= 0.6 is 0 Å². The first kappa shape index (κ1) is 25.1. The number of likely N-dealkylation sites (tertiary alicyclic amines) is 1. The number of aromatic nitrogens is 2. The average Bonchev–Trinajstić information content (AvgIpc) is 2.82. The number of nitrogens with two attached hydrogens (primary N) is 1. The van der Waals surface area contributed by atoms with Crippen LogP contribution in [0.4, 0.5) is 4.39 Å². The van der Waals surface area contributed by atoms with Gasteiger partial charge in [0.1, 0.15) is 5.75 Å². The van der Waals surface area contributed by atoms with E-state index in [1.165, 1.54) is 0 Å². The molecule has 0 aliphatic carbocycles. The van der Waals surface area contributed by atoms with E-state index in [-0.39, 0.29) is 18.9 Å². The minimum atomic E-state index is -1.39. The van der Waals surface area contributed by atoms with Crippen LogP contribution in [-0.4, -0.2) is 69.5 Å². The lowest BCUT2D eigenvalue weighted by Crippen LogP contribution is -2.59. The van der Waals surface area contributed by atoms with Crippen LogP contribution in [0, 0.1) is 5.82 Å². The highest BCUT2D eigenvalue weighted by Crippen LogP contribution is 2.43. The van der Waals surface area contributed by atoms with Gasteiger partial charge in [-0.3, -0.25) is 19.1 Å². The largest absolute Gasteiger partial charge is 0.494 e. The van der Waals surface area contributed by atoms with Crippen molar-refractivity contribution in [2.75, 3.05) is 32.8 Å². The topological polar surface area (TPSA) is 140 Å². The molecule has 0 saturated carbocycles. The summed E-state index contributed by atoms with van der Waals surface area (Å²) in [5.74, 6) is -0.520. The summed E-state index contributed by atoms with van der Waals surface area (Å²) in [5.41, 5.74) is 2.05. The third-order valence-corrected chi connectivity index (χ3v) is 6.89. The third kappa shape index (κ3) is 5.31. The molecule has 0 radical (unpaired) electrons. The molecule has 0 unspecified atom stereocenters. The van der Waals surface area contributed by atoms with Crippen molar-refractivity contribution >= 4 is 5.91 Å². The van der Waals surface area contributed by atoms with E-state index in [0.717, 1.165) is 17.2 Å². The molecule has 2 saturated heterocycles. The maximum Gasteiger partial charge on any atom is 0.328 e. The Labute approximate surface area is 201 Å². The lowest BCUT2D eigenvalue weighted by Gasteiger charge is -2.51. The van der Waals surface area contributed by atoms with E-state index in [0.29, 0.717) is 50.4 Å². The number of H-pyrrole nitrogens is 1. The number of carbonyl (C=O) groups is 1. The Kier molecular flexibility index (Phi) is 7.11. The molecule has 10 nitrogen and oxygen atoms in total. The van der Waals surface area contributed by atoms with Gasteiger partial charge >= 0.3 is 5.69 Å². The van der Waals surface area contributed by atoms with E-state index in [1.54, 1.807) is 36.1 Å². The van der Waals surface area contributed by atoms with Crippen molar-refractivity contribution in [2.24, 2.45) is 5.73 Å². The summed E-state index contributed by atoms with van der Waals surface area (Å²) in [6.07, 6.45) is 2.78. The fourth-order valence-electron chi connectivity index (χ4n) is 4.92. The minimum Gasteiger partial charge on any atom is -0.494 e. The molecule has 1 aromatic heterocycles. The van der Waals surface area contributed by atoms with Crippen molar-refractivity contribution < 1.29 is 23.8 Å². The van der Waals surface area contributed by atoms with Gasteiger partial charge in [0.2, 0.25) is 5.82 Å². The molecule has 2 aromatic rings. The van der Waals surface area contributed by atoms with Crippen LogP contribution in [0.2, 0.25) is 0 Å². The molecule has 2 atom stereocenters. The van der Waals surface area contributed by atoms with Gasteiger partial charge in [-0.25, -0.2) is 4.79 Å². The van der Waals surface area contributed by atoms with Crippen LogP contribution in [-0.2, 0) is 4.74 Å². The van der Waals surface area contributed by atoms with Crippen LogP contribution in [0.25, 0.3) is 0 Å². The first-order valence-electron chi connectivity index (χ1n) is 11.7. The number of nitrogens with zero attached hydrogens (tertiary/aromatic N) is 2. The highest BCUT2D eigenvalue weighted by Gasteiger charge is 2.50. The summed E-state index contributed by atoms with van der Waals surface area (Å²) >= 11 is 0. The first-order chi connectivity index (χ1) is 16.6. The standard InChI is InChI=1S/C24H31FN4O6/c1-23(33)15-24(35-14-19(23)29-13-18(25)20(30)27-22(29)32)7-10-28(11-8-24)21(31)16-3-5-17(6-4-16)34-12-2-9-26/h3-6,13,19,33H,2,7-12,14-15,26H2,1H3,(H,27,30,32)/t19-,23-/m0/s1. The molecule has 11 heteroatoms. The monoisotopic (exact) mass is 490 g/mol. The maximum atomic E-state index is 13.8. The summed E-state index contributed by atoms with van der Waals surface area (Å²) in [5, 5.41) is 11.2. The smallest absolute Gasteiger partial charge is 0.328 e. The second kappa shape index (κ2) is 9.92. The Morgan fingerprint density at radius 2 is 1.97 bits per heavy atom. The molecule has 2 fully saturated rings. The molecule has 2 aliphatic heterocycles. The van der Waals surface area contributed by atoms with Crippen LogP contribution in [0.1, 0.15) is 49.0 Å². The number of benzene rings is 1. The molecule has 2 aliphatic rings. The Morgan fingerprint density at radius 1 is 1.29 bits per heavy atom. The minimum absolute atomic E-state index is 0.0298. The predicted molar refractivity (Wildman–Crippen MR) is 125 cm³/mol. The molecule has 190 valence electrons. The molecule has 4 N–H and O–H groups in total. The second-order valence-corrected chi connectivity index (χ2v) is 9.49. The number of aromatic amines is 1. The van der Waals surface area contributed by atoms with Crippen molar-refractivity contribution in [1.82, 2.24) is 14.5 Å². The summed E-state index contributed by atoms with van der Waals surface area (Å²) < 4.78 is 26.5. The Balaban J connectivity index is 1.38. The predicted octanol–water partition coefficient (Wildman–Crippen LogP) is 0.791. The lowest BCUT2D eigenvalue weighted by molar-refractivity contribution is -0.195. The molecule has 4 rings (SSSR count). The third-order valence-electron chi connectivity index (χ3n) is 6.89. The van der Waals surface area contributed by atoms with Gasteiger partial charge in [-0.15, -0.1) is 0 Å². The van der Waals surface area contributed by atoms with E-state index in [4.69, 9.17) is 15.2 Å². The highest BCUT2D eigenvalue weighted by atomic mass is 19.1. The molecular formula is C24H31FN4O6. The average molecular weight is 491 g/mol. The quantitative estimate of drug-likeness (QED) is 0.509. The summed E-state index contributed by atoms with van der Waals surface area (Å²) in [6, 6.07) is 6.13. The number of ether oxygens (including phenoxy) is 2. The van der Waals surface area contributed by atoms with Crippen molar-refractivity contribution in [3.05, 3.63) is 62.7 Å². The van der Waals surface area contributed by atoms with E-state index in [2.05, 4.69) is 0 Å². The molecule has 0 bridgehead atoms. The molecule has 1 amide bonds. The molecule has 1 aromatic carbocycles. The maximum absolute atomic E-state index is 13.8. The number of amides is 1. The van der Waals surface area contributed by atoms with Crippen molar-refractivity contribution in [2.45, 2.75) is 49.9 Å². The Hall–Kier alpha value is -3.02. The number of rotatable bonds is 6. The molecule has 1 spiro atoms. The van der Waals surface area contributed by atoms with E-state index in [1.807, 2.05) is 4.98 Å². The normalized spacial score (nSPS) is 23.9. The number of hydrogen-bond acceptors (Lipinski definition) is 7. The fourth-order valence-corrected chi connectivity index (χ4v) is 4.92. The number of carbonyl (C=O) groups excluding carboxylic acids is 1. The highest BCUT2D eigenvalue weighted by molar-refractivity contribution is 5.94. The fraction of sp³-hybridized carbons (Fsp3) is 0.542. The molecule has 3 heterocycles. The summed E-state index contributed by atoms with van der Waals surface area (Å²) in [6.45, 7) is 3.51. The van der Waals surface area contributed by atoms with Crippen LogP contribution < -0.4 is 21.7 Å². The van der Waals surface area contributed by atoms with Gasteiger partial charge in [-0.2, -0.15) is 4.39 Å². The van der Waals surface area contributed by atoms with Crippen LogP contribution in [0.15, 0.2) is 40.1 Å². The number of piperidine rings is 1. The van der Waals surface area contributed by atoms with Crippen LogP contribution in [0.5, 0.6) is 5.75 Å². The second-order valence-electron chi connectivity index (χ2n) is 9.49. The van der Waals surface area contributed by atoms with Gasteiger partial charge in [0.15, 0.2) is 0 Å². The first-order valence-corrected chi connectivity index (χ1v) is 11.7. The number of aliphatic hydroxyl groups is 1. The molecule has 35 heavy (non-hydrogen) atoms. The van der Waals surface area contributed by atoms with Crippen molar-refractivity contribution in [1.29, 1.82) is 0 Å².